The number of ether oxygens (including phenoxy) is 1. The summed E-state index contributed by atoms with van der Waals surface area (Å²) in [6.07, 6.45) is -0.0793. The zero-order chi connectivity index (χ0) is 16.5. The lowest BCUT2D eigenvalue weighted by molar-refractivity contribution is 0.0952. The average Bonchev–Trinajstić information content (AvgIpc) is 3.11. The number of aromatic nitrogens is 1. The quantitative estimate of drug-likeness (QED) is 0.721. The molecule has 1 aliphatic heterocycles. The van der Waals surface area contributed by atoms with Crippen LogP contribution in [0.15, 0.2) is 65.2 Å². The van der Waals surface area contributed by atoms with Gasteiger partial charge in [-0.1, -0.05) is 47.6 Å². The second kappa shape index (κ2) is 5.85. The zero-order valence-electron chi connectivity index (χ0n) is 13.2. The molecular weight excluding hydrogens is 304 g/mol. The van der Waals surface area contributed by atoms with E-state index < -0.39 is 0 Å². The Balaban J connectivity index is 1.66. The molecule has 4 rings (SSSR count). The first kappa shape index (κ1) is 14.5. The molecule has 24 heavy (non-hydrogen) atoms. The smallest absolute Gasteiger partial charge is 0.280 e. The second-order valence-electron chi connectivity index (χ2n) is 5.75. The minimum absolute atomic E-state index is 0.0793. The molecule has 0 fully saturated rings. The highest BCUT2D eigenvalue weighted by atomic mass is 16.5. The van der Waals surface area contributed by atoms with Crippen molar-refractivity contribution in [2.24, 2.45) is 0 Å². The van der Waals surface area contributed by atoms with Crippen LogP contribution in [-0.4, -0.2) is 23.7 Å². The Morgan fingerprint density at radius 1 is 1.12 bits per heavy atom. The van der Waals surface area contributed by atoms with Crippen LogP contribution in [0.5, 0.6) is 5.75 Å². The van der Waals surface area contributed by atoms with E-state index in [4.69, 9.17) is 9.26 Å². The summed E-state index contributed by atoms with van der Waals surface area (Å²) in [4.78, 5) is 14.6. The Bertz CT molecular complexity index is 873. The van der Waals surface area contributed by atoms with Crippen molar-refractivity contribution in [3.63, 3.8) is 0 Å². The van der Waals surface area contributed by atoms with Gasteiger partial charge in [0, 0.05) is 11.6 Å². The predicted molar refractivity (Wildman–Crippen MR) is 90.1 cm³/mol. The third kappa shape index (κ3) is 2.54. The number of rotatable bonds is 2. The van der Waals surface area contributed by atoms with Gasteiger partial charge in [-0.3, -0.25) is 9.69 Å². The van der Waals surface area contributed by atoms with E-state index in [1.807, 2.05) is 61.5 Å². The van der Waals surface area contributed by atoms with Crippen LogP contribution in [0.1, 0.15) is 17.4 Å². The lowest BCUT2D eigenvalue weighted by atomic mass is 10.1. The monoisotopic (exact) mass is 320 g/mol. The molecule has 0 saturated heterocycles. The first-order chi connectivity index (χ1) is 11.7. The highest BCUT2D eigenvalue weighted by Gasteiger charge is 2.29. The van der Waals surface area contributed by atoms with Crippen LogP contribution in [0.2, 0.25) is 0 Å². The van der Waals surface area contributed by atoms with Gasteiger partial charge in [0.1, 0.15) is 11.9 Å². The molecule has 1 amide bonds. The van der Waals surface area contributed by atoms with Crippen molar-refractivity contribution in [1.82, 2.24) is 5.16 Å². The van der Waals surface area contributed by atoms with Gasteiger partial charge in [-0.25, -0.2) is 0 Å². The maximum atomic E-state index is 12.9. The number of carbonyl (C=O) groups excluding carboxylic acids is 1. The van der Waals surface area contributed by atoms with Gasteiger partial charge in [0.2, 0.25) is 0 Å². The molecular formula is C19H16N2O3. The van der Waals surface area contributed by atoms with Crippen molar-refractivity contribution in [2.45, 2.75) is 13.0 Å². The number of para-hydroxylation sites is 2. The normalized spacial score (nSPS) is 16.4. The molecule has 1 atom stereocenters. The summed E-state index contributed by atoms with van der Waals surface area (Å²) < 4.78 is 11.1. The molecule has 5 nitrogen and oxygen atoms in total. The molecule has 5 heteroatoms. The number of nitrogens with zero attached hydrogens (tertiary/aromatic N) is 2. The standard InChI is InChI=1S/C19H16N2O3/c1-13-12-21(16-9-5-6-10-17(16)23-13)19(22)15-11-18(24-20-15)14-7-3-2-4-8-14/h2-11,13H,12H2,1H3/t13-/m0/s1. The first-order valence-electron chi connectivity index (χ1n) is 7.82. The number of hydrogen-bond donors (Lipinski definition) is 0. The number of benzene rings is 2. The molecule has 0 N–H and O–H groups in total. The fourth-order valence-corrected chi connectivity index (χ4v) is 2.83. The maximum Gasteiger partial charge on any atom is 0.280 e. The van der Waals surface area contributed by atoms with Crippen molar-refractivity contribution >= 4 is 11.6 Å². The van der Waals surface area contributed by atoms with Gasteiger partial charge in [-0.2, -0.15) is 0 Å². The van der Waals surface area contributed by atoms with Gasteiger partial charge in [0.15, 0.2) is 11.5 Å². The molecule has 0 aliphatic carbocycles. The lowest BCUT2D eigenvalue weighted by Gasteiger charge is -2.32. The van der Waals surface area contributed by atoms with Gasteiger partial charge < -0.3 is 9.26 Å². The molecule has 0 unspecified atom stereocenters. The van der Waals surface area contributed by atoms with Crippen LogP contribution in [0.4, 0.5) is 5.69 Å². The molecule has 2 heterocycles. The van der Waals surface area contributed by atoms with E-state index in [0.29, 0.717) is 18.1 Å². The summed E-state index contributed by atoms with van der Waals surface area (Å²) in [5, 5.41) is 3.96. The predicted octanol–water partition coefficient (Wildman–Crippen LogP) is 3.77. The molecule has 0 saturated carbocycles. The van der Waals surface area contributed by atoms with Gasteiger partial charge in [-0.15, -0.1) is 0 Å². The molecule has 120 valence electrons. The van der Waals surface area contributed by atoms with Crippen molar-refractivity contribution in [2.75, 3.05) is 11.4 Å². The Morgan fingerprint density at radius 3 is 2.71 bits per heavy atom. The summed E-state index contributed by atoms with van der Waals surface area (Å²) in [6, 6.07) is 18.8. The highest BCUT2D eigenvalue weighted by molar-refractivity contribution is 6.06. The summed E-state index contributed by atoms with van der Waals surface area (Å²) in [5.74, 6) is 1.09. The average molecular weight is 320 g/mol. The van der Waals surface area contributed by atoms with Crippen molar-refractivity contribution < 1.29 is 14.1 Å². The fraction of sp³-hybridized carbons (Fsp3) is 0.158. The second-order valence-corrected chi connectivity index (χ2v) is 5.75. The Morgan fingerprint density at radius 2 is 1.88 bits per heavy atom. The van der Waals surface area contributed by atoms with Gasteiger partial charge in [-0.05, 0) is 19.1 Å². The minimum atomic E-state index is -0.191. The highest BCUT2D eigenvalue weighted by Crippen LogP contribution is 2.34. The maximum absolute atomic E-state index is 12.9. The molecule has 2 aromatic carbocycles. The van der Waals surface area contributed by atoms with E-state index in [9.17, 15) is 4.79 Å². The van der Waals surface area contributed by atoms with Crippen LogP contribution in [0, 0.1) is 0 Å². The SMILES string of the molecule is C[C@H]1CN(C(=O)c2cc(-c3ccccc3)on2)c2ccccc2O1. The number of amides is 1. The summed E-state index contributed by atoms with van der Waals surface area (Å²) >= 11 is 0. The molecule has 0 radical (unpaired) electrons. The van der Waals surface area contributed by atoms with Gasteiger partial charge in [0.25, 0.3) is 5.91 Å². The summed E-state index contributed by atoms with van der Waals surface area (Å²) in [6.45, 7) is 2.41. The minimum Gasteiger partial charge on any atom is -0.487 e. The number of carbonyl (C=O) groups is 1. The van der Waals surface area contributed by atoms with Crippen molar-refractivity contribution in [1.29, 1.82) is 0 Å². The topological polar surface area (TPSA) is 55.6 Å². The Labute approximate surface area is 139 Å². The van der Waals surface area contributed by atoms with Crippen molar-refractivity contribution in [3.8, 4) is 17.1 Å². The van der Waals surface area contributed by atoms with E-state index >= 15 is 0 Å². The van der Waals surface area contributed by atoms with Crippen LogP contribution >= 0.6 is 0 Å². The van der Waals surface area contributed by atoms with Crippen LogP contribution in [-0.2, 0) is 0 Å². The molecule has 0 bridgehead atoms. The third-order valence-electron chi connectivity index (χ3n) is 3.96. The lowest BCUT2D eigenvalue weighted by Crippen LogP contribution is -2.42. The van der Waals surface area contributed by atoms with E-state index in [1.54, 1.807) is 11.0 Å². The van der Waals surface area contributed by atoms with Crippen LogP contribution in [0.25, 0.3) is 11.3 Å². The summed E-state index contributed by atoms with van der Waals surface area (Å²) in [5.41, 5.74) is 1.93. The molecule has 3 aromatic rings. The molecule has 0 spiro atoms. The van der Waals surface area contributed by atoms with E-state index in [0.717, 1.165) is 11.3 Å². The first-order valence-corrected chi connectivity index (χ1v) is 7.82. The Kier molecular flexibility index (Phi) is 3.54. The van der Waals surface area contributed by atoms with E-state index in [-0.39, 0.29) is 17.7 Å². The Hall–Kier alpha value is -3.08. The third-order valence-corrected chi connectivity index (χ3v) is 3.96. The number of fused-ring (bicyclic) bond motifs is 1. The number of anilines is 1. The van der Waals surface area contributed by atoms with Crippen LogP contribution < -0.4 is 9.64 Å². The van der Waals surface area contributed by atoms with Crippen molar-refractivity contribution in [3.05, 3.63) is 66.4 Å². The van der Waals surface area contributed by atoms with Gasteiger partial charge >= 0.3 is 0 Å². The molecule has 1 aliphatic rings. The summed E-state index contributed by atoms with van der Waals surface area (Å²) in [7, 11) is 0. The molecule has 1 aromatic heterocycles. The number of hydrogen-bond acceptors (Lipinski definition) is 4. The van der Waals surface area contributed by atoms with Gasteiger partial charge in [0.05, 0.1) is 12.2 Å². The largest absolute Gasteiger partial charge is 0.487 e. The van der Waals surface area contributed by atoms with E-state index in [1.165, 1.54) is 0 Å². The van der Waals surface area contributed by atoms with E-state index in [2.05, 4.69) is 5.16 Å². The fourth-order valence-electron chi connectivity index (χ4n) is 2.83. The van der Waals surface area contributed by atoms with Crippen LogP contribution in [0.3, 0.4) is 0 Å². The zero-order valence-corrected chi connectivity index (χ0v) is 13.2.